The molecule has 0 aliphatic carbocycles. The lowest BCUT2D eigenvalue weighted by molar-refractivity contribution is -0.140. The molecule has 0 saturated carbocycles. The maximum Gasteiger partial charge on any atom is 0.295 e. The molecule has 0 spiro atoms. The van der Waals surface area contributed by atoms with Crippen LogP contribution < -0.4 is 4.74 Å². The van der Waals surface area contributed by atoms with Crippen molar-refractivity contribution >= 4 is 29.1 Å². The highest BCUT2D eigenvalue weighted by atomic mass is 35.5. The molecule has 30 heavy (non-hydrogen) atoms. The molecule has 2 heterocycles. The van der Waals surface area contributed by atoms with E-state index in [0.717, 1.165) is 0 Å². The average molecular weight is 433 g/mol. The quantitative estimate of drug-likeness (QED) is 0.408. The number of likely N-dealkylation sites (N-methyl/N-ethyl adjacent to an activating group) is 1. The van der Waals surface area contributed by atoms with E-state index < -0.39 is 17.7 Å². The van der Waals surface area contributed by atoms with Crippen molar-refractivity contribution in [1.29, 1.82) is 0 Å². The highest BCUT2D eigenvalue weighted by Crippen LogP contribution is 2.40. The number of nitrogens with zero attached hydrogens (tertiary/aromatic N) is 2. The summed E-state index contributed by atoms with van der Waals surface area (Å²) in [6, 6.07) is 7.39. The van der Waals surface area contributed by atoms with Crippen LogP contribution in [0.25, 0.3) is 5.76 Å². The molecule has 160 valence electrons. The zero-order valence-electron chi connectivity index (χ0n) is 17.4. The van der Waals surface area contributed by atoms with E-state index in [1.807, 2.05) is 25.9 Å². The van der Waals surface area contributed by atoms with Crippen molar-refractivity contribution in [3.05, 3.63) is 58.0 Å². The summed E-state index contributed by atoms with van der Waals surface area (Å²) in [6.07, 6.45) is 0. The van der Waals surface area contributed by atoms with Gasteiger partial charge in [-0.1, -0.05) is 11.6 Å². The number of ketones is 1. The van der Waals surface area contributed by atoms with Gasteiger partial charge in [0.15, 0.2) is 0 Å². The molecule has 1 atom stereocenters. The van der Waals surface area contributed by atoms with Crippen molar-refractivity contribution in [1.82, 2.24) is 9.80 Å². The minimum atomic E-state index is -0.816. The second-order valence-corrected chi connectivity index (χ2v) is 7.73. The Hall–Kier alpha value is -2.77. The lowest BCUT2D eigenvalue weighted by Crippen LogP contribution is -2.35. The van der Waals surface area contributed by atoms with Crippen LogP contribution in [0.3, 0.4) is 0 Å². The van der Waals surface area contributed by atoms with E-state index in [1.165, 1.54) is 11.0 Å². The van der Waals surface area contributed by atoms with Gasteiger partial charge in [-0.15, -0.1) is 0 Å². The molecule has 1 aliphatic heterocycles. The molecule has 3 rings (SSSR count). The molecule has 1 amide bonds. The van der Waals surface area contributed by atoms with E-state index in [4.69, 9.17) is 20.8 Å². The maximum absolute atomic E-state index is 12.9. The standard InChI is InChI=1S/C22H25ClN2O5/c1-5-29-16-9-7-14(12-15(16)23)20(26)18-19(17-8-6-13(2)30-17)25(11-10-24(3)4)22(28)21(18)27/h6-9,12,19,26H,5,10-11H2,1-4H3/b20-18-. The number of hydrogen-bond acceptors (Lipinski definition) is 6. The Morgan fingerprint density at radius 2 is 2.00 bits per heavy atom. The SMILES string of the molecule is CCOc1ccc(/C(O)=C2/C(=O)C(=O)N(CCN(C)C)C2c2ccc(C)o2)cc1Cl. The predicted molar refractivity (Wildman–Crippen MR) is 114 cm³/mol. The Labute approximate surface area is 180 Å². The number of aryl methyl sites for hydroxylation is 1. The molecule has 1 unspecified atom stereocenters. The molecule has 7 nitrogen and oxygen atoms in total. The number of rotatable bonds is 7. The molecule has 1 aromatic carbocycles. The van der Waals surface area contributed by atoms with Crippen molar-refractivity contribution in [2.45, 2.75) is 19.9 Å². The first kappa shape index (κ1) is 21.9. The fourth-order valence-electron chi connectivity index (χ4n) is 3.39. The van der Waals surface area contributed by atoms with Gasteiger partial charge in [0.2, 0.25) is 0 Å². The number of likely N-dealkylation sites (tertiary alicyclic amines) is 1. The number of Topliss-reactive ketones (excluding diaryl/α,β-unsaturated/α-hetero) is 1. The van der Waals surface area contributed by atoms with E-state index in [-0.39, 0.29) is 11.3 Å². The van der Waals surface area contributed by atoms with Gasteiger partial charge in [0.1, 0.15) is 29.1 Å². The van der Waals surface area contributed by atoms with Gasteiger partial charge in [0.25, 0.3) is 11.7 Å². The number of aliphatic hydroxyl groups excluding tert-OH is 1. The number of ether oxygens (including phenoxy) is 1. The molecule has 0 radical (unpaired) electrons. The molecule has 1 aliphatic rings. The fourth-order valence-corrected chi connectivity index (χ4v) is 3.63. The van der Waals surface area contributed by atoms with Gasteiger partial charge >= 0.3 is 0 Å². The Morgan fingerprint density at radius 1 is 1.27 bits per heavy atom. The van der Waals surface area contributed by atoms with Crippen LogP contribution in [0.2, 0.25) is 5.02 Å². The van der Waals surface area contributed by atoms with Crippen molar-refractivity contribution in [2.75, 3.05) is 33.8 Å². The van der Waals surface area contributed by atoms with Gasteiger partial charge in [0.05, 0.1) is 17.2 Å². The maximum atomic E-state index is 12.9. The normalized spacial score (nSPS) is 18.5. The second-order valence-electron chi connectivity index (χ2n) is 7.32. The van der Waals surface area contributed by atoms with E-state index >= 15 is 0 Å². The van der Waals surface area contributed by atoms with Crippen molar-refractivity contribution in [3.8, 4) is 5.75 Å². The third-order valence-electron chi connectivity index (χ3n) is 4.86. The van der Waals surface area contributed by atoms with Crippen LogP contribution in [0.5, 0.6) is 5.75 Å². The molecule has 1 aromatic heterocycles. The van der Waals surface area contributed by atoms with E-state index in [9.17, 15) is 14.7 Å². The largest absolute Gasteiger partial charge is 0.507 e. The van der Waals surface area contributed by atoms with Crippen molar-refractivity contribution in [2.24, 2.45) is 0 Å². The molecule has 1 fully saturated rings. The number of carbonyl (C=O) groups excluding carboxylic acids is 2. The first-order valence-electron chi connectivity index (χ1n) is 9.66. The molecule has 0 bridgehead atoms. The number of halogens is 1. The summed E-state index contributed by atoms with van der Waals surface area (Å²) in [6.45, 7) is 4.92. The topological polar surface area (TPSA) is 83.2 Å². The number of amides is 1. The summed E-state index contributed by atoms with van der Waals surface area (Å²) in [7, 11) is 3.76. The molecule has 8 heteroatoms. The van der Waals surface area contributed by atoms with Gasteiger partial charge < -0.3 is 24.1 Å². The van der Waals surface area contributed by atoms with E-state index in [1.54, 1.807) is 31.2 Å². The Balaban J connectivity index is 2.10. The zero-order valence-corrected chi connectivity index (χ0v) is 18.2. The van der Waals surface area contributed by atoms with Crippen molar-refractivity contribution in [3.63, 3.8) is 0 Å². The molecular formula is C22H25ClN2O5. The van der Waals surface area contributed by atoms with Crippen LogP contribution in [0, 0.1) is 6.92 Å². The van der Waals surface area contributed by atoms with Gasteiger partial charge in [-0.25, -0.2) is 0 Å². The van der Waals surface area contributed by atoms with Crippen LogP contribution in [-0.4, -0.2) is 60.4 Å². The minimum absolute atomic E-state index is 0.0201. The molecular weight excluding hydrogens is 408 g/mol. The number of furan rings is 1. The van der Waals surface area contributed by atoms with E-state index in [2.05, 4.69) is 0 Å². The van der Waals surface area contributed by atoms with Crippen LogP contribution >= 0.6 is 11.6 Å². The van der Waals surface area contributed by atoms with Gasteiger partial charge in [-0.3, -0.25) is 9.59 Å². The summed E-state index contributed by atoms with van der Waals surface area (Å²) < 4.78 is 11.2. The van der Waals surface area contributed by atoms with Crippen LogP contribution in [-0.2, 0) is 9.59 Å². The minimum Gasteiger partial charge on any atom is -0.507 e. The number of benzene rings is 1. The zero-order chi connectivity index (χ0) is 22.0. The van der Waals surface area contributed by atoms with Gasteiger partial charge in [0, 0.05) is 18.7 Å². The first-order chi connectivity index (χ1) is 14.2. The first-order valence-corrected chi connectivity index (χ1v) is 10.0. The van der Waals surface area contributed by atoms with Crippen LogP contribution in [0.15, 0.2) is 40.3 Å². The number of aliphatic hydroxyl groups is 1. The van der Waals surface area contributed by atoms with Crippen LogP contribution in [0.4, 0.5) is 0 Å². The fraction of sp³-hybridized carbons (Fsp3) is 0.364. The monoisotopic (exact) mass is 432 g/mol. The third kappa shape index (κ3) is 4.22. The third-order valence-corrected chi connectivity index (χ3v) is 5.16. The van der Waals surface area contributed by atoms with Gasteiger partial charge in [-0.2, -0.15) is 0 Å². The van der Waals surface area contributed by atoms with Crippen LogP contribution in [0.1, 0.15) is 30.0 Å². The lowest BCUT2D eigenvalue weighted by atomic mass is 9.99. The summed E-state index contributed by atoms with van der Waals surface area (Å²) in [4.78, 5) is 29.0. The molecule has 1 N–H and O–H groups in total. The highest BCUT2D eigenvalue weighted by Gasteiger charge is 2.47. The Morgan fingerprint density at radius 3 is 2.57 bits per heavy atom. The number of carbonyl (C=O) groups is 2. The average Bonchev–Trinajstić information content (AvgIpc) is 3.23. The second kappa shape index (κ2) is 8.93. The smallest absolute Gasteiger partial charge is 0.295 e. The summed E-state index contributed by atoms with van der Waals surface area (Å²) >= 11 is 6.25. The predicted octanol–water partition coefficient (Wildman–Crippen LogP) is 3.62. The Bertz CT molecular complexity index is 995. The van der Waals surface area contributed by atoms with E-state index in [0.29, 0.717) is 47.6 Å². The summed E-state index contributed by atoms with van der Waals surface area (Å²) in [5, 5.41) is 11.3. The number of hydrogen-bond donors (Lipinski definition) is 1. The highest BCUT2D eigenvalue weighted by molar-refractivity contribution is 6.46. The van der Waals surface area contributed by atoms with Gasteiger partial charge in [-0.05, 0) is 58.3 Å². The molecule has 1 saturated heterocycles. The van der Waals surface area contributed by atoms with Crippen molar-refractivity contribution < 1.29 is 23.8 Å². The Kier molecular flexibility index (Phi) is 6.53. The summed E-state index contributed by atoms with van der Waals surface area (Å²) in [5.74, 6) is -0.189. The molecule has 2 aromatic rings. The lowest BCUT2D eigenvalue weighted by Gasteiger charge is -2.24. The summed E-state index contributed by atoms with van der Waals surface area (Å²) in [5.41, 5.74) is 0.302.